The first-order valence-electron chi connectivity index (χ1n) is 4.22. The molecule has 0 saturated carbocycles. The third-order valence-corrected chi connectivity index (χ3v) is 1.36. The highest BCUT2D eigenvalue weighted by molar-refractivity contribution is 6.37. The number of carbonyl (C=O) groups excluding carboxylic acids is 2. The number of Topliss-reactive ketones (excluding diaryl/α,β-unsaturated/α-hetero) is 1. The highest BCUT2D eigenvalue weighted by Crippen LogP contribution is 2.09. The second-order valence-electron chi connectivity index (χ2n) is 3.84. The summed E-state index contributed by atoms with van der Waals surface area (Å²) in [5.41, 5.74) is -0.668. The highest BCUT2D eigenvalue weighted by Gasteiger charge is 2.29. The highest BCUT2D eigenvalue weighted by atomic mass is 16.6. The standard InChI is InChI=1S/C9H12N2O3/c1-9(2,3)14-8(13)6(12)7-10-4-5-11-7/h4-5,7H,1-3H3. The van der Waals surface area contributed by atoms with Crippen molar-refractivity contribution in [3.05, 3.63) is 0 Å². The average Bonchev–Trinajstić information content (AvgIpc) is 2.51. The molecular formula is C9H12N2O3. The molecule has 1 heterocycles. The summed E-state index contributed by atoms with van der Waals surface area (Å²) in [4.78, 5) is 29.9. The molecular weight excluding hydrogens is 184 g/mol. The summed E-state index contributed by atoms with van der Waals surface area (Å²) in [6.45, 7) is 5.08. The maximum absolute atomic E-state index is 11.3. The topological polar surface area (TPSA) is 68.1 Å². The Bertz CT molecular complexity index is 301. The van der Waals surface area contributed by atoms with E-state index in [9.17, 15) is 9.59 Å². The van der Waals surface area contributed by atoms with Crippen LogP contribution >= 0.6 is 0 Å². The van der Waals surface area contributed by atoms with Crippen molar-refractivity contribution in [2.75, 3.05) is 0 Å². The molecule has 0 spiro atoms. The Morgan fingerprint density at radius 1 is 1.21 bits per heavy atom. The van der Waals surface area contributed by atoms with Gasteiger partial charge in [0.05, 0.1) is 0 Å². The molecule has 1 aliphatic heterocycles. The molecule has 5 heteroatoms. The predicted molar refractivity (Wildman–Crippen MR) is 51.6 cm³/mol. The van der Waals surface area contributed by atoms with Gasteiger partial charge in [-0.15, -0.1) is 0 Å². The van der Waals surface area contributed by atoms with Gasteiger partial charge in [-0.2, -0.15) is 0 Å². The summed E-state index contributed by atoms with van der Waals surface area (Å²) in [6.07, 6.45) is 1.82. The lowest BCUT2D eigenvalue weighted by atomic mass is 10.2. The lowest BCUT2D eigenvalue weighted by Gasteiger charge is -2.18. The van der Waals surface area contributed by atoms with Crippen LogP contribution in [0.5, 0.6) is 0 Å². The van der Waals surface area contributed by atoms with E-state index in [4.69, 9.17) is 4.74 Å². The zero-order valence-corrected chi connectivity index (χ0v) is 8.35. The Morgan fingerprint density at radius 2 is 1.71 bits per heavy atom. The first kappa shape index (κ1) is 10.6. The van der Waals surface area contributed by atoms with Crippen LogP contribution in [0, 0.1) is 0 Å². The number of aliphatic imine (C=N–C) groups is 2. The molecule has 0 fully saturated rings. The maximum Gasteiger partial charge on any atom is 0.379 e. The lowest BCUT2D eigenvalue weighted by molar-refractivity contribution is -0.162. The second-order valence-corrected chi connectivity index (χ2v) is 3.84. The number of hydrogen-bond acceptors (Lipinski definition) is 5. The van der Waals surface area contributed by atoms with Gasteiger partial charge in [0.15, 0.2) is 0 Å². The zero-order valence-electron chi connectivity index (χ0n) is 8.35. The molecule has 0 amide bonds. The minimum atomic E-state index is -0.940. The summed E-state index contributed by atoms with van der Waals surface area (Å²) in [7, 11) is 0. The summed E-state index contributed by atoms with van der Waals surface area (Å²) in [5.74, 6) is -1.62. The van der Waals surface area contributed by atoms with E-state index in [1.165, 1.54) is 12.4 Å². The molecule has 0 aromatic carbocycles. The fourth-order valence-electron chi connectivity index (χ4n) is 0.848. The molecule has 0 aliphatic carbocycles. The van der Waals surface area contributed by atoms with E-state index in [1.807, 2.05) is 0 Å². The number of ketones is 1. The molecule has 1 rings (SSSR count). The van der Waals surface area contributed by atoms with Crippen molar-refractivity contribution in [1.29, 1.82) is 0 Å². The van der Waals surface area contributed by atoms with Crippen LogP contribution in [0.25, 0.3) is 0 Å². The van der Waals surface area contributed by atoms with Gasteiger partial charge in [-0.1, -0.05) is 0 Å². The van der Waals surface area contributed by atoms with Gasteiger partial charge in [0.1, 0.15) is 5.60 Å². The van der Waals surface area contributed by atoms with Gasteiger partial charge in [0, 0.05) is 12.4 Å². The summed E-state index contributed by atoms with van der Waals surface area (Å²) < 4.78 is 4.88. The zero-order chi connectivity index (χ0) is 10.8. The van der Waals surface area contributed by atoms with Crippen LogP contribution in [0.2, 0.25) is 0 Å². The van der Waals surface area contributed by atoms with E-state index in [0.717, 1.165) is 0 Å². The quantitative estimate of drug-likeness (QED) is 0.473. The van der Waals surface area contributed by atoms with Gasteiger partial charge in [-0.3, -0.25) is 14.8 Å². The number of esters is 1. The van der Waals surface area contributed by atoms with E-state index >= 15 is 0 Å². The van der Waals surface area contributed by atoms with Gasteiger partial charge in [0.2, 0.25) is 6.17 Å². The van der Waals surface area contributed by atoms with Crippen molar-refractivity contribution in [2.24, 2.45) is 9.98 Å². The van der Waals surface area contributed by atoms with Crippen molar-refractivity contribution in [3.8, 4) is 0 Å². The Labute approximate surface area is 81.9 Å². The number of nitrogens with zero attached hydrogens (tertiary/aromatic N) is 2. The third kappa shape index (κ3) is 2.76. The van der Waals surface area contributed by atoms with Gasteiger partial charge in [0.25, 0.3) is 5.78 Å². The SMILES string of the molecule is CC(C)(C)OC(=O)C(=O)C1N=CC=N1. The van der Waals surface area contributed by atoms with E-state index in [-0.39, 0.29) is 0 Å². The molecule has 0 bridgehead atoms. The van der Waals surface area contributed by atoms with Crippen molar-refractivity contribution in [1.82, 2.24) is 0 Å². The van der Waals surface area contributed by atoms with Crippen molar-refractivity contribution < 1.29 is 14.3 Å². The molecule has 0 saturated heterocycles. The van der Waals surface area contributed by atoms with Crippen LogP contribution in [0.3, 0.4) is 0 Å². The molecule has 0 radical (unpaired) electrons. The fraction of sp³-hybridized carbons (Fsp3) is 0.556. The van der Waals surface area contributed by atoms with Crippen LogP contribution in [-0.2, 0) is 14.3 Å². The van der Waals surface area contributed by atoms with Crippen LogP contribution in [0.15, 0.2) is 9.98 Å². The average molecular weight is 196 g/mol. The first-order valence-corrected chi connectivity index (χ1v) is 4.22. The Hall–Kier alpha value is -1.52. The largest absolute Gasteiger partial charge is 0.454 e. The second kappa shape index (κ2) is 3.69. The van der Waals surface area contributed by atoms with Crippen LogP contribution < -0.4 is 0 Å². The van der Waals surface area contributed by atoms with Crippen molar-refractivity contribution in [2.45, 2.75) is 32.5 Å². The Morgan fingerprint density at radius 3 is 2.14 bits per heavy atom. The van der Waals surface area contributed by atoms with Crippen LogP contribution in [0.4, 0.5) is 0 Å². The number of ether oxygens (including phenoxy) is 1. The summed E-state index contributed by atoms with van der Waals surface area (Å²) in [5, 5.41) is 0. The van der Waals surface area contributed by atoms with E-state index in [0.29, 0.717) is 0 Å². The fourth-order valence-corrected chi connectivity index (χ4v) is 0.848. The van der Waals surface area contributed by atoms with Gasteiger partial charge < -0.3 is 4.74 Å². The van der Waals surface area contributed by atoms with Gasteiger partial charge in [-0.05, 0) is 20.8 Å². The molecule has 0 aromatic rings. The predicted octanol–water partition coefficient (Wildman–Crippen LogP) is 0.378. The van der Waals surface area contributed by atoms with Crippen LogP contribution in [-0.4, -0.2) is 35.9 Å². The van der Waals surface area contributed by atoms with Gasteiger partial charge >= 0.3 is 5.97 Å². The minimum Gasteiger partial charge on any atom is -0.454 e. The van der Waals surface area contributed by atoms with E-state index in [1.54, 1.807) is 20.8 Å². The normalized spacial score (nSPS) is 15.9. The molecule has 14 heavy (non-hydrogen) atoms. The molecule has 0 unspecified atom stereocenters. The monoisotopic (exact) mass is 196 g/mol. The molecule has 0 aromatic heterocycles. The summed E-state index contributed by atoms with van der Waals surface area (Å²) in [6, 6.07) is 0. The van der Waals surface area contributed by atoms with Gasteiger partial charge in [-0.25, -0.2) is 4.79 Å². The van der Waals surface area contributed by atoms with E-state index < -0.39 is 23.5 Å². The molecule has 1 aliphatic rings. The Kier molecular flexibility index (Phi) is 2.78. The van der Waals surface area contributed by atoms with E-state index in [2.05, 4.69) is 9.98 Å². The molecule has 0 N–H and O–H groups in total. The van der Waals surface area contributed by atoms with Crippen molar-refractivity contribution in [3.63, 3.8) is 0 Å². The first-order chi connectivity index (χ1) is 6.40. The number of rotatable bonds is 2. The maximum atomic E-state index is 11.3. The minimum absolute atomic E-state index is 0.668. The molecule has 0 atom stereocenters. The van der Waals surface area contributed by atoms with Crippen LogP contribution in [0.1, 0.15) is 20.8 Å². The lowest BCUT2D eigenvalue weighted by Crippen LogP contribution is -2.33. The smallest absolute Gasteiger partial charge is 0.379 e. The molecule has 76 valence electrons. The van der Waals surface area contributed by atoms with Crippen molar-refractivity contribution >= 4 is 24.2 Å². The third-order valence-electron chi connectivity index (χ3n) is 1.36. The summed E-state index contributed by atoms with van der Waals surface area (Å²) >= 11 is 0. The molecule has 5 nitrogen and oxygen atoms in total. The number of hydrogen-bond donors (Lipinski definition) is 0. The number of carbonyl (C=O) groups is 2. The Balaban J connectivity index is 2.57.